The van der Waals surface area contributed by atoms with Gasteiger partial charge in [-0.3, -0.25) is 10.0 Å². The Morgan fingerprint density at radius 2 is 1.86 bits per heavy atom. The van der Waals surface area contributed by atoms with Crippen LogP contribution in [0.2, 0.25) is 0 Å². The summed E-state index contributed by atoms with van der Waals surface area (Å²) in [6, 6.07) is -0.721. The molecular formula is C23H40N4O7S. The van der Waals surface area contributed by atoms with Crippen molar-refractivity contribution in [2.45, 2.75) is 89.5 Å². The lowest BCUT2D eigenvalue weighted by atomic mass is 9.89. The minimum atomic E-state index is -4.00. The molecule has 0 saturated carbocycles. The van der Waals surface area contributed by atoms with Crippen LogP contribution in [-0.4, -0.2) is 81.8 Å². The first-order chi connectivity index (χ1) is 16.0. The maximum Gasteiger partial charge on any atom is 0.408 e. The molecule has 0 aromatic heterocycles. The molecule has 2 aliphatic heterocycles. The fraction of sp³-hybridized carbons (Fsp3) is 0.739. The Morgan fingerprint density at radius 3 is 2.43 bits per heavy atom. The van der Waals surface area contributed by atoms with E-state index in [-0.39, 0.29) is 19.0 Å². The molecule has 12 heteroatoms. The second-order valence-corrected chi connectivity index (χ2v) is 12.8. The van der Waals surface area contributed by atoms with Crippen molar-refractivity contribution in [1.82, 2.24) is 20.0 Å². The van der Waals surface area contributed by atoms with Crippen molar-refractivity contribution in [3.63, 3.8) is 0 Å². The smallest absolute Gasteiger partial charge is 0.408 e. The topological polar surface area (TPSA) is 149 Å². The van der Waals surface area contributed by atoms with Gasteiger partial charge in [0.05, 0.1) is 12.1 Å². The van der Waals surface area contributed by atoms with Crippen LogP contribution in [0.5, 0.6) is 0 Å². The van der Waals surface area contributed by atoms with E-state index in [1.54, 1.807) is 27.7 Å². The van der Waals surface area contributed by atoms with Crippen molar-refractivity contribution in [2.24, 2.45) is 5.92 Å². The van der Waals surface area contributed by atoms with Crippen molar-refractivity contribution >= 4 is 22.0 Å². The molecule has 1 fully saturated rings. The fourth-order valence-corrected chi connectivity index (χ4v) is 5.92. The molecule has 4 atom stereocenters. The molecule has 11 nitrogen and oxygen atoms in total. The molecule has 2 amide bonds. The summed E-state index contributed by atoms with van der Waals surface area (Å²) in [5.74, 6) is -0.418. The number of carbonyl (C=O) groups excluding carboxylic acids is 2. The lowest BCUT2D eigenvalue weighted by Gasteiger charge is -2.34. The molecule has 1 saturated heterocycles. The van der Waals surface area contributed by atoms with Crippen LogP contribution in [-0.2, 0) is 19.6 Å². The average Bonchev–Trinajstić information content (AvgIpc) is 2.88. The molecule has 0 radical (unpaired) electrons. The molecule has 35 heavy (non-hydrogen) atoms. The molecule has 200 valence electrons. The summed E-state index contributed by atoms with van der Waals surface area (Å²) in [4.78, 5) is 25.7. The summed E-state index contributed by atoms with van der Waals surface area (Å²) >= 11 is 0. The van der Waals surface area contributed by atoms with Gasteiger partial charge in [0, 0.05) is 19.3 Å². The van der Waals surface area contributed by atoms with E-state index in [0.29, 0.717) is 24.3 Å². The number of nitrogens with one attached hydrogen (secondary N) is 2. The lowest BCUT2D eigenvalue weighted by molar-refractivity contribution is -0.129. The second-order valence-electron chi connectivity index (χ2n) is 10.7. The van der Waals surface area contributed by atoms with Gasteiger partial charge in [-0.25, -0.2) is 18.3 Å². The Labute approximate surface area is 208 Å². The third-order valence-corrected chi connectivity index (χ3v) is 7.78. The summed E-state index contributed by atoms with van der Waals surface area (Å²) in [5, 5.41) is 25.6. The van der Waals surface area contributed by atoms with Gasteiger partial charge < -0.3 is 20.5 Å². The third kappa shape index (κ3) is 7.92. The second kappa shape index (κ2) is 11.3. The number of sulfonamides is 1. The highest BCUT2D eigenvalue weighted by Gasteiger charge is 2.41. The normalized spacial score (nSPS) is 25.6. The van der Waals surface area contributed by atoms with Gasteiger partial charge >= 0.3 is 6.09 Å². The van der Waals surface area contributed by atoms with Crippen LogP contribution in [0, 0.1) is 5.92 Å². The lowest BCUT2D eigenvalue weighted by Crippen LogP contribution is -2.61. The quantitative estimate of drug-likeness (QED) is 0.399. The number of allylic oxidation sites excluding steroid dienone is 2. The number of amides is 2. The summed E-state index contributed by atoms with van der Waals surface area (Å²) in [7, 11) is -4.00. The number of aliphatic hydroxyl groups is 1. The fourth-order valence-electron chi connectivity index (χ4n) is 4.24. The van der Waals surface area contributed by atoms with Crippen LogP contribution in [0.4, 0.5) is 4.79 Å². The van der Waals surface area contributed by atoms with Gasteiger partial charge in [-0.2, -0.15) is 4.31 Å². The van der Waals surface area contributed by atoms with Crippen molar-refractivity contribution in [3.8, 4) is 0 Å². The molecule has 0 spiro atoms. The zero-order chi connectivity index (χ0) is 26.6. The summed E-state index contributed by atoms with van der Waals surface area (Å²) in [5.41, 5.74) is -2.04. The highest BCUT2D eigenvalue weighted by molar-refractivity contribution is 7.89. The monoisotopic (exact) mass is 516 g/mol. The van der Waals surface area contributed by atoms with Gasteiger partial charge in [0.2, 0.25) is 15.9 Å². The van der Waals surface area contributed by atoms with Crippen molar-refractivity contribution < 1.29 is 33.1 Å². The number of aliphatic hydroxyl groups excluding tert-OH is 1. The van der Waals surface area contributed by atoms with Crippen LogP contribution >= 0.6 is 0 Å². The zero-order valence-electron chi connectivity index (χ0n) is 21.4. The Bertz CT molecular complexity index is 929. The first kappa shape index (κ1) is 29.1. The predicted octanol–water partition coefficient (Wildman–Crippen LogP) is 1.69. The Morgan fingerprint density at radius 1 is 1.20 bits per heavy atom. The number of hydrogen-bond acceptors (Lipinski definition) is 8. The van der Waals surface area contributed by atoms with Gasteiger partial charge in [0.25, 0.3) is 0 Å². The van der Waals surface area contributed by atoms with E-state index in [4.69, 9.17) is 4.74 Å². The van der Waals surface area contributed by atoms with Crippen molar-refractivity contribution in [3.05, 3.63) is 24.4 Å². The number of hydrogen-bond donors (Lipinski definition) is 4. The average molecular weight is 517 g/mol. The Hall–Kier alpha value is -2.15. The summed E-state index contributed by atoms with van der Waals surface area (Å²) in [6.07, 6.45) is 4.78. The first-order valence-corrected chi connectivity index (χ1v) is 13.4. The van der Waals surface area contributed by atoms with Gasteiger partial charge in [-0.1, -0.05) is 19.9 Å². The summed E-state index contributed by atoms with van der Waals surface area (Å²) in [6.45, 7) is 10.5. The number of nitrogens with zero attached hydrogens (tertiary/aromatic N) is 2. The van der Waals surface area contributed by atoms with Gasteiger partial charge in [0.1, 0.15) is 11.1 Å². The molecule has 2 aliphatic rings. The number of carbonyl (C=O) groups is 2. The SMILES string of the molecule is CC(C)CC(C)(NC(=O)OC(C)(C)C)C(=O)NC1CCCN(S(=O)(=O)C2C=CC=CN2O)CC1O. The van der Waals surface area contributed by atoms with Crippen LogP contribution < -0.4 is 10.6 Å². The minimum absolute atomic E-state index is 0.0689. The van der Waals surface area contributed by atoms with Crippen LogP contribution in [0.1, 0.15) is 60.8 Å². The molecule has 0 aromatic rings. The highest BCUT2D eigenvalue weighted by Crippen LogP contribution is 2.23. The Kier molecular flexibility index (Phi) is 9.37. The van der Waals surface area contributed by atoms with E-state index >= 15 is 0 Å². The highest BCUT2D eigenvalue weighted by atomic mass is 32.2. The summed E-state index contributed by atoms with van der Waals surface area (Å²) < 4.78 is 32.6. The molecule has 2 rings (SSSR count). The molecule has 4 N–H and O–H groups in total. The van der Waals surface area contributed by atoms with E-state index < -0.39 is 50.7 Å². The van der Waals surface area contributed by atoms with Gasteiger partial charge in [-0.15, -0.1) is 0 Å². The third-order valence-electron chi connectivity index (χ3n) is 5.74. The molecule has 4 unspecified atom stereocenters. The Balaban J connectivity index is 2.13. The number of hydroxylamine groups is 2. The molecule has 2 heterocycles. The molecular weight excluding hydrogens is 476 g/mol. The number of β-amino-alcohol motifs (C(OH)–C–C–N with tert-alkyl or cyclic N) is 1. The molecule has 0 aromatic carbocycles. The van der Waals surface area contributed by atoms with Crippen molar-refractivity contribution in [2.75, 3.05) is 13.1 Å². The minimum Gasteiger partial charge on any atom is -0.444 e. The maximum absolute atomic E-state index is 13.3. The van der Waals surface area contributed by atoms with Crippen LogP contribution in [0.25, 0.3) is 0 Å². The van der Waals surface area contributed by atoms with Crippen LogP contribution in [0.3, 0.4) is 0 Å². The number of rotatable bonds is 7. The van der Waals surface area contributed by atoms with Gasteiger partial charge in [0.15, 0.2) is 5.37 Å². The van der Waals surface area contributed by atoms with E-state index in [0.717, 1.165) is 4.31 Å². The zero-order valence-corrected chi connectivity index (χ0v) is 22.2. The van der Waals surface area contributed by atoms with E-state index in [1.165, 1.54) is 24.4 Å². The van der Waals surface area contributed by atoms with E-state index in [9.17, 15) is 28.3 Å². The number of alkyl carbamates (subject to hydrolysis) is 1. The maximum atomic E-state index is 13.3. The van der Waals surface area contributed by atoms with Gasteiger partial charge in [-0.05, 0) is 65.0 Å². The molecule has 0 aliphatic carbocycles. The largest absolute Gasteiger partial charge is 0.444 e. The predicted molar refractivity (Wildman–Crippen MR) is 131 cm³/mol. The standard InChI is InChI=1S/C23H40N4O7S/c1-16(2)14-23(6,25-21(30)34-22(3,4)5)20(29)24-17-10-9-12-26(15-18(17)28)35(32,33)19-11-7-8-13-27(19)31/h7-8,11,13,16-19,28,31H,9-10,12,14-15H2,1-6H3,(H,24,29)(H,25,30). The number of ether oxygens (including phenoxy) is 1. The van der Waals surface area contributed by atoms with E-state index in [1.807, 2.05) is 13.8 Å². The molecule has 0 bridgehead atoms. The first-order valence-electron chi connectivity index (χ1n) is 11.9. The van der Waals surface area contributed by atoms with E-state index in [2.05, 4.69) is 10.6 Å². The van der Waals surface area contributed by atoms with Crippen LogP contribution in [0.15, 0.2) is 24.4 Å². The van der Waals surface area contributed by atoms with Crippen molar-refractivity contribution in [1.29, 1.82) is 0 Å².